The number of carbonyl (C=O) groups is 1. The zero-order valence-electron chi connectivity index (χ0n) is 15.5. The summed E-state index contributed by atoms with van der Waals surface area (Å²) >= 11 is 7.74. The first kappa shape index (κ1) is 18.7. The second kappa shape index (κ2) is 7.73. The molecule has 7 heteroatoms. The number of rotatable bonds is 5. The normalized spacial score (nSPS) is 11.3. The highest BCUT2D eigenvalue weighted by molar-refractivity contribution is 7.22. The largest absolute Gasteiger partial charge is 0.280 e. The number of benzene rings is 2. The Morgan fingerprint density at radius 3 is 2.61 bits per heavy atom. The first-order valence-electron chi connectivity index (χ1n) is 8.99. The van der Waals surface area contributed by atoms with Gasteiger partial charge < -0.3 is 0 Å². The lowest BCUT2D eigenvalue weighted by Gasteiger charge is -2.19. The molecule has 2 heterocycles. The van der Waals surface area contributed by atoms with E-state index >= 15 is 0 Å². The van der Waals surface area contributed by atoms with Crippen LogP contribution < -0.4 is 4.90 Å². The van der Waals surface area contributed by atoms with Crippen LogP contribution in [0.5, 0.6) is 0 Å². The van der Waals surface area contributed by atoms with Crippen molar-refractivity contribution in [3.63, 3.8) is 0 Å². The van der Waals surface area contributed by atoms with Crippen LogP contribution in [0.25, 0.3) is 10.2 Å². The summed E-state index contributed by atoms with van der Waals surface area (Å²) in [6, 6.07) is 17.5. The highest BCUT2D eigenvalue weighted by Crippen LogP contribution is 2.34. The Balaban J connectivity index is 1.76. The van der Waals surface area contributed by atoms with E-state index < -0.39 is 0 Å². The SMILES string of the molecule is CC(C)n1ccc(C(=O)N(Cc2ccccc2)c2nc3c(Cl)cccc3s2)n1. The Hall–Kier alpha value is -2.70. The van der Waals surface area contributed by atoms with Gasteiger partial charge in [0.05, 0.1) is 16.3 Å². The first-order chi connectivity index (χ1) is 13.5. The zero-order valence-corrected chi connectivity index (χ0v) is 17.1. The summed E-state index contributed by atoms with van der Waals surface area (Å²) in [5, 5.41) is 5.63. The van der Waals surface area contributed by atoms with Gasteiger partial charge in [-0.05, 0) is 37.6 Å². The summed E-state index contributed by atoms with van der Waals surface area (Å²) in [5.74, 6) is -0.182. The van der Waals surface area contributed by atoms with Crippen LogP contribution in [-0.2, 0) is 6.54 Å². The summed E-state index contributed by atoms with van der Waals surface area (Å²) in [5.41, 5.74) is 2.13. The first-order valence-corrected chi connectivity index (χ1v) is 10.2. The van der Waals surface area contributed by atoms with Crippen molar-refractivity contribution in [2.24, 2.45) is 0 Å². The molecule has 0 saturated carbocycles. The minimum absolute atomic E-state index is 0.182. The van der Waals surface area contributed by atoms with Gasteiger partial charge in [0.2, 0.25) is 0 Å². The lowest BCUT2D eigenvalue weighted by Crippen LogP contribution is -2.30. The third kappa shape index (κ3) is 3.66. The lowest BCUT2D eigenvalue weighted by atomic mass is 10.2. The smallest absolute Gasteiger partial charge is 0.278 e. The molecule has 0 radical (unpaired) electrons. The number of anilines is 1. The Morgan fingerprint density at radius 2 is 1.93 bits per heavy atom. The summed E-state index contributed by atoms with van der Waals surface area (Å²) in [6.45, 7) is 4.46. The molecule has 0 N–H and O–H groups in total. The van der Waals surface area contributed by atoms with E-state index in [9.17, 15) is 4.79 Å². The van der Waals surface area contributed by atoms with E-state index in [1.54, 1.807) is 21.7 Å². The maximum absolute atomic E-state index is 13.3. The van der Waals surface area contributed by atoms with Gasteiger partial charge in [0.15, 0.2) is 10.8 Å². The van der Waals surface area contributed by atoms with Crippen LogP contribution in [0, 0.1) is 0 Å². The predicted molar refractivity (Wildman–Crippen MR) is 114 cm³/mol. The van der Waals surface area contributed by atoms with Gasteiger partial charge in [0.1, 0.15) is 5.52 Å². The summed E-state index contributed by atoms with van der Waals surface area (Å²) < 4.78 is 2.73. The number of amides is 1. The molecular weight excluding hydrogens is 392 g/mol. The lowest BCUT2D eigenvalue weighted by molar-refractivity contribution is 0.0979. The molecule has 0 fully saturated rings. The minimum Gasteiger partial charge on any atom is -0.278 e. The topological polar surface area (TPSA) is 51.0 Å². The second-order valence-corrected chi connectivity index (χ2v) is 8.15. The molecule has 2 aromatic heterocycles. The van der Waals surface area contributed by atoms with E-state index in [2.05, 4.69) is 10.1 Å². The number of thiazole rings is 1. The van der Waals surface area contributed by atoms with Crippen LogP contribution in [0.3, 0.4) is 0 Å². The molecule has 2 aromatic carbocycles. The quantitative estimate of drug-likeness (QED) is 0.432. The van der Waals surface area contributed by atoms with Crippen molar-refractivity contribution >= 4 is 44.2 Å². The molecule has 0 aliphatic rings. The number of nitrogens with zero attached hydrogens (tertiary/aromatic N) is 4. The van der Waals surface area contributed by atoms with Crippen molar-refractivity contribution < 1.29 is 4.79 Å². The predicted octanol–water partition coefficient (Wildman–Crippen LogP) is 5.57. The molecule has 0 atom stereocenters. The van der Waals surface area contributed by atoms with Gasteiger partial charge in [0.25, 0.3) is 5.91 Å². The molecule has 5 nitrogen and oxygen atoms in total. The third-order valence-electron chi connectivity index (χ3n) is 4.37. The van der Waals surface area contributed by atoms with Crippen molar-refractivity contribution in [1.82, 2.24) is 14.8 Å². The summed E-state index contributed by atoms with van der Waals surface area (Å²) in [7, 11) is 0. The van der Waals surface area contributed by atoms with Crippen LogP contribution in [0.1, 0.15) is 35.9 Å². The number of fused-ring (bicyclic) bond motifs is 1. The Kier molecular flexibility index (Phi) is 5.15. The highest BCUT2D eigenvalue weighted by atomic mass is 35.5. The van der Waals surface area contributed by atoms with Gasteiger partial charge in [-0.1, -0.05) is 59.3 Å². The van der Waals surface area contributed by atoms with Gasteiger partial charge in [-0.3, -0.25) is 14.4 Å². The maximum Gasteiger partial charge on any atom is 0.280 e. The van der Waals surface area contributed by atoms with Crippen molar-refractivity contribution in [2.45, 2.75) is 26.4 Å². The number of hydrogen-bond acceptors (Lipinski definition) is 4. The number of aromatic nitrogens is 3. The third-order valence-corrected chi connectivity index (χ3v) is 5.72. The Bertz CT molecular complexity index is 1120. The number of carbonyl (C=O) groups excluding carboxylic acids is 1. The molecule has 0 saturated heterocycles. The Labute approximate surface area is 172 Å². The zero-order chi connectivity index (χ0) is 19.7. The fourth-order valence-electron chi connectivity index (χ4n) is 2.89. The molecule has 4 aromatic rings. The van der Waals surface area contributed by atoms with E-state index in [1.165, 1.54) is 11.3 Å². The maximum atomic E-state index is 13.3. The van der Waals surface area contributed by atoms with Gasteiger partial charge in [-0.25, -0.2) is 4.98 Å². The molecule has 0 aliphatic heterocycles. The monoisotopic (exact) mass is 410 g/mol. The van der Waals surface area contributed by atoms with Crippen LogP contribution in [-0.4, -0.2) is 20.7 Å². The summed E-state index contributed by atoms with van der Waals surface area (Å²) in [6.07, 6.45) is 1.83. The molecule has 0 aliphatic carbocycles. The van der Waals surface area contributed by atoms with Gasteiger partial charge in [-0.2, -0.15) is 5.10 Å². The minimum atomic E-state index is -0.182. The van der Waals surface area contributed by atoms with Gasteiger partial charge >= 0.3 is 0 Å². The van der Waals surface area contributed by atoms with Crippen LogP contribution in [0.15, 0.2) is 60.8 Å². The van der Waals surface area contributed by atoms with Crippen molar-refractivity contribution in [2.75, 3.05) is 4.90 Å². The average molecular weight is 411 g/mol. The highest BCUT2D eigenvalue weighted by Gasteiger charge is 2.24. The van der Waals surface area contributed by atoms with E-state index in [0.29, 0.717) is 27.9 Å². The second-order valence-electron chi connectivity index (χ2n) is 6.73. The van der Waals surface area contributed by atoms with Gasteiger partial charge in [0, 0.05) is 12.2 Å². The molecular formula is C21H19ClN4OS. The van der Waals surface area contributed by atoms with Crippen molar-refractivity contribution in [3.8, 4) is 0 Å². The summed E-state index contributed by atoms with van der Waals surface area (Å²) in [4.78, 5) is 19.7. The van der Waals surface area contributed by atoms with E-state index in [0.717, 1.165) is 10.3 Å². The number of para-hydroxylation sites is 1. The van der Waals surface area contributed by atoms with E-state index in [-0.39, 0.29) is 11.9 Å². The molecule has 4 rings (SSSR count). The fraction of sp³-hybridized carbons (Fsp3) is 0.190. The molecule has 1 amide bonds. The Morgan fingerprint density at radius 1 is 1.14 bits per heavy atom. The molecule has 28 heavy (non-hydrogen) atoms. The molecule has 0 spiro atoms. The molecule has 0 bridgehead atoms. The van der Waals surface area contributed by atoms with E-state index in [1.807, 2.05) is 62.5 Å². The van der Waals surface area contributed by atoms with Crippen molar-refractivity contribution in [3.05, 3.63) is 77.1 Å². The molecule has 142 valence electrons. The van der Waals surface area contributed by atoms with Crippen LogP contribution in [0.2, 0.25) is 5.02 Å². The molecule has 0 unspecified atom stereocenters. The van der Waals surface area contributed by atoms with E-state index in [4.69, 9.17) is 11.6 Å². The fourth-order valence-corrected chi connectivity index (χ4v) is 4.15. The number of halogens is 1. The van der Waals surface area contributed by atoms with Crippen LogP contribution >= 0.6 is 22.9 Å². The standard InChI is InChI=1S/C21H19ClN4OS/c1-14(2)26-12-11-17(24-26)20(27)25(13-15-7-4-3-5-8-15)21-23-19-16(22)9-6-10-18(19)28-21/h3-12,14H,13H2,1-2H3. The number of hydrogen-bond donors (Lipinski definition) is 0. The van der Waals surface area contributed by atoms with Gasteiger partial charge in [-0.15, -0.1) is 0 Å². The van der Waals surface area contributed by atoms with Crippen molar-refractivity contribution in [1.29, 1.82) is 0 Å². The van der Waals surface area contributed by atoms with Crippen LogP contribution in [0.4, 0.5) is 5.13 Å². The average Bonchev–Trinajstić information content (AvgIpc) is 3.34.